The van der Waals surface area contributed by atoms with Crippen LogP contribution in [-0.2, 0) is 0 Å². The number of ether oxygens (including phenoxy) is 1. The lowest BCUT2D eigenvalue weighted by Gasteiger charge is -2.06. The predicted molar refractivity (Wildman–Crippen MR) is 71.9 cm³/mol. The highest BCUT2D eigenvalue weighted by Crippen LogP contribution is 2.40. The van der Waals surface area contributed by atoms with Crippen LogP contribution in [0.3, 0.4) is 0 Å². The average molecular weight is 254 g/mol. The lowest BCUT2D eigenvalue weighted by molar-refractivity contribution is 0.0697. The Hall–Kier alpha value is -2.29. The van der Waals surface area contributed by atoms with Crippen molar-refractivity contribution in [2.24, 2.45) is 0 Å². The van der Waals surface area contributed by atoms with Gasteiger partial charge < -0.3 is 9.84 Å². The molecule has 2 aromatic carbocycles. The van der Waals surface area contributed by atoms with Gasteiger partial charge in [-0.1, -0.05) is 12.1 Å². The van der Waals surface area contributed by atoms with E-state index in [1.54, 1.807) is 12.1 Å². The second kappa shape index (κ2) is 4.76. The number of carboxylic acids is 1. The Balaban J connectivity index is 1.71. The zero-order chi connectivity index (χ0) is 13.2. The molecule has 3 nitrogen and oxygen atoms in total. The van der Waals surface area contributed by atoms with Crippen LogP contribution in [0, 0.1) is 0 Å². The van der Waals surface area contributed by atoms with E-state index in [1.807, 2.05) is 12.1 Å². The number of hydrogen-bond donors (Lipinski definition) is 1. The van der Waals surface area contributed by atoms with Gasteiger partial charge in [0.1, 0.15) is 11.5 Å². The molecule has 1 fully saturated rings. The first-order valence-electron chi connectivity index (χ1n) is 6.33. The van der Waals surface area contributed by atoms with Crippen molar-refractivity contribution in [2.45, 2.75) is 18.8 Å². The maximum atomic E-state index is 10.7. The molecule has 0 spiro atoms. The minimum Gasteiger partial charge on any atom is -0.478 e. The molecular formula is C16H14O3. The van der Waals surface area contributed by atoms with Gasteiger partial charge in [-0.3, -0.25) is 0 Å². The highest BCUT2D eigenvalue weighted by molar-refractivity contribution is 5.87. The van der Waals surface area contributed by atoms with Gasteiger partial charge in [-0.2, -0.15) is 0 Å². The van der Waals surface area contributed by atoms with Crippen molar-refractivity contribution < 1.29 is 14.6 Å². The molecule has 0 radical (unpaired) electrons. The fraction of sp³-hybridized carbons (Fsp3) is 0.188. The van der Waals surface area contributed by atoms with E-state index in [0.717, 1.165) is 11.7 Å². The number of aromatic carboxylic acids is 1. The SMILES string of the molecule is O=C(O)c1ccc(Oc2ccc(C3CC3)cc2)cc1. The van der Waals surface area contributed by atoms with Crippen molar-refractivity contribution in [1.82, 2.24) is 0 Å². The van der Waals surface area contributed by atoms with E-state index in [2.05, 4.69) is 12.1 Å². The van der Waals surface area contributed by atoms with Gasteiger partial charge in [-0.05, 0) is 60.7 Å². The molecule has 2 aromatic rings. The van der Waals surface area contributed by atoms with E-state index in [4.69, 9.17) is 9.84 Å². The van der Waals surface area contributed by atoms with Crippen LogP contribution in [-0.4, -0.2) is 11.1 Å². The van der Waals surface area contributed by atoms with Crippen molar-refractivity contribution in [3.63, 3.8) is 0 Å². The minimum atomic E-state index is -0.930. The summed E-state index contributed by atoms with van der Waals surface area (Å²) < 4.78 is 5.68. The smallest absolute Gasteiger partial charge is 0.335 e. The van der Waals surface area contributed by atoms with Crippen molar-refractivity contribution >= 4 is 5.97 Å². The fourth-order valence-corrected chi connectivity index (χ4v) is 2.03. The first kappa shape index (κ1) is 11.8. The van der Waals surface area contributed by atoms with Crippen LogP contribution in [0.15, 0.2) is 48.5 Å². The molecule has 0 atom stereocenters. The molecule has 0 bridgehead atoms. The highest BCUT2D eigenvalue weighted by Gasteiger charge is 2.22. The van der Waals surface area contributed by atoms with Gasteiger partial charge in [-0.15, -0.1) is 0 Å². The summed E-state index contributed by atoms with van der Waals surface area (Å²) in [4.78, 5) is 10.7. The van der Waals surface area contributed by atoms with Gasteiger partial charge in [0.2, 0.25) is 0 Å². The molecule has 0 aliphatic heterocycles. The largest absolute Gasteiger partial charge is 0.478 e. The van der Waals surface area contributed by atoms with E-state index in [1.165, 1.54) is 30.5 Å². The molecule has 0 unspecified atom stereocenters. The summed E-state index contributed by atoms with van der Waals surface area (Å²) in [6.45, 7) is 0. The molecule has 19 heavy (non-hydrogen) atoms. The Labute approximate surface area is 111 Å². The van der Waals surface area contributed by atoms with Gasteiger partial charge in [0.25, 0.3) is 0 Å². The van der Waals surface area contributed by atoms with Crippen LogP contribution in [0.25, 0.3) is 0 Å². The zero-order valence-electron chi connectivity index (χ0n) is 10.4. The van der Waals surface area contributed by atoms with Crippen LogP contribution in [0.5, 0.6) is 11.5 Å². The molecule has 3 rings (SSSR count). The van der Waals surface area contributed by atoms with Gasteiger partial charge in [0.05, 0.1) is 5.56 Å². The normalized spacial score (nSPS) is 14.1. The minimum absolute atomic E-state index is 0.261. The second-order valence-corrected chi connectivity index (χ2v) is 4.77. The number of carboxylic acid groups (broad SMARTS) is 1. The van der Waals surface area contributed by atoms with E-state index in [-0.39, 0.29) is 5.56 Å². The Morgan fingerprint density at radius 1 is 0.947 bits per heavy atom. The lowest BCUT2D eigenvalue weighted by Crippen LogP contribution is -1.95. The van der Waals surface area contributed by atoms with Gasteiger partial charge in [0, 0.05) is 0 Å². The van der Waals surface area contributed by atoms with Crippen molar-refractivity contribution in [3.05, 3.63) is 59.7 Å². The van der Waals surface area contributed by atoms with E-state index in [9.17, 15) is 4.79 Å². The molecule has 3 heteroatoms. The van der Waals surface area contributed by atoms with Crippen molar-refractivity contribution in [2.75, 3.05) is 0 Å². The van der Waals surface area contributed by atoms with Gasteiger partial charge in [-0.25, -0.2) is 4.79 Å². The monoisotopic (exact) mass is 254 g/mol. The molecule has 0 amide bonds. The van der Waals surface area contributed by atoms with Gasteiger partial charge >= 0.3 is 5.97 Å². The molecule has 0 saturated heterocycles. The van der Waals surface area contributed by atoms with Crippen LogP contribution < -0.4 is 4.74 Å². The standard InChI is InChI=1S/C16H14O3/c17-16(18)13-5-9-15(10-6-13)19-14-7-3-12(4-8-14)11-1-2-11/h3-11H,1-2H2,(H,17,18). The lowest BCUT2D eigenvalue weighted by atomic mass is 10.1. The first-order valence-corrected chi connectivity index (χ1v) is 6.33. The van der Waals surface area contributed by atoms with Crippen molar-refractivity contribution in [1.29, 1.82) is 0 Å². The second-order valence-electron chi connectivity index (χ2n) is 4.77. The molecule has 1 aliphatic rings. The van der Waals surface area contributed by atoms with Crippen LogP contribution in [0.1, 0.15) is 34.7 Å². The Morgan fingerprint density at radius 2 is 1.47 bits per heavy atom. The molecular weight excluding hydrogens is 240 g/mol. The molecule has 1 N–H and O–H groups in total. The first-order chi connectivity index (χ1) is 9.22. The molecule has 1 saturated carbocycles. The Bertz CT molecular complexity index is 580. The quantitative estimate of drug-likeness (QED) is 0.895. The van der Waals surface area contributed by atoms with E-state index < -0.39 is 5.97 Å². The molecule has 1 aliphatic carbocycles. The summed E-state index contributed by atoms with van der Waals surface area (Å²) >= 11 is 0. The summed E-state index contributed by atoms with van der Waals surface area (Å²) in [5.74, 6) is 1.22. The average Bonchev–Trinajstić information content (AvgIpc) is 3.25. The van der Waals surface area contributed by atoms with Gasteiger partial charge in [0.15, 0.2) is 0 Å². The number of hydrogen-bond acceptors (Lipinski definition) is 2. The van der Waals surface area contributed by atoms with E-state index in [0.29, 0.717) is 5.75 Å². The third-order valence-corrected chi connectivity index (χ3v) is 3.27. The summed E-state index contributed by atoms with van der Waals surface area (Å²) in [5.41, 5.74) is 1.63. The Morgan fingerprint density at radius 3 is 1.95 bits per heavy atom. The van der Waals surface area contributed by atoms with Crippen LogP contribution >= 0.6 is 0 Å². The fourth-order valence-electron chi connectivity index (χ4n) is 2.03. The Kier molecular flexibility index (Phi) is 2.95. The van der Waals surface area contributed by atoms with Crippen molar-refractivity contribution in [3.8, 4) is 11.5 Å². The van der Waals surface area contributed by atoms with E-state index >= 15 is 0 Å². The molecule has 0 heterocycles. The summed E-state index contributed by atoms with van der Waals surface area (Å²) in [6, 6.07) is 14.5. The number of carbonyl (C=O) groups is 1. The topological polar surface area (TPSA) is 46.5 Å². The maximum Gasteiger partial charge on any atom is 0.335 e. The van der Waals surface area contributed by atoms with Crippen LogP contribution in [0.4, 0.5) is 0 Å². The third kappa shape index (κ3) is 2.76. The molecule has 0 aromatic heterocycles. The summed E-state index contributed by atoms with van der Waals surface area (Å²) in [6.07, 6.45) is 2.58. The van der Waals surface area contributed by atoms with Crippen LogP contribution in [0.2, 0.25) is 0 Å². The highest BCUT2D eigenvalue weighted by atomic mass is 16.5. The number of rotatable bonds is 4. The summed E-state index contributed by atoms with van der Waals surface area (Å²) in [5, 5.41) is 8.81. The zero-order valence-corrected chi connectivity index (χ0v) is 10.4. The number of benzene rings is 2. The molecule has 96 valence electrons. The summed E-state index contributed by atoms with van der Waals surface area (Å²) in [7, 11) is 0. The predicted octanol–water partition coefficient (Wildman–Crippen LogP) is 4.05. The third-order valence-electron chi connectivity index (χ3n) is 3.27. The maximum absolute atomic E-state index is 10.7.